The van der Waals surface area contributed by atoms with Crippen LogP contribution in [0.5, 0.6) is 0 Å². The summed E-state index contributed by atoms with van der Waals surface area (Å²) in [7, 11) is -3.56. The second-order valence-corrected chi connectivity index (χ2v) is 9.49. The van der Waals surface area contributed by atoms with Gasteiger partial charge in [-0.1, -0.05) is 39.0 Å². The summed E-state index contributed by atoms with van der Waals surface area (Å²) in [6.45, 7) is 9.56. The van der Waals surface area contributed by atoms with Gasteiger partial charge in [0, 0.05) is 25.8 Å². The Kier molecular flexibility index (Phi) is 5.83. The molecule has 1 aromatic heterocycles. The molecule has 1 aromatic carbocycles. The van der Waals surface area contributed by atoms with Gasteiger partial charge in [0.25, 0.3) is 0 Å². The summed E-state index contributed by atoms with van der Waals surface area (Å²) in [5, 5.41) is 0. The summed E-state index contributed by atoms with van der Waals surface area (Å²) in [6, 6.07) is 10.9. The molecule has 0 spiro atoms. The van der Waals surface area contributed by atoms with Crippen molar-refractivity contribution in [3.8, 4) is 0 Å². The second kappa shape index (κ2) is 7.96. The Labute approximate surface area is 161 Å². The number of benzene rings is 1. The van der Waals surface area contributed by atoms with E-state index >= 15 is 0 Å². The van der Waals surface area contributed by atoms with E-state index in [-0.39, 0.29) is 16.9 Å². The third-order valence-electron chi connectivity index (χ3n) is 4.64. The van der Waals surface area contributed by atoms with Crippen LogP contribution in [-0.2, 0) is 26.7 Å². The molecule has 0 bridgehead atoms. The van der Waals surface area contributed by atoms with Crippen LogP contribution in [-0.4, -0.2) is 39.7 Å². The number of anilines is 1. The Hall–Kier alpha value is -1.96. The molecule has 0 radical (unpaired) electrons. The zero-order valence-electron chi connectivity index (χ0n) is 16.1. The Balaban J connectivity index is 1.63. The van der Waals surface area contributed by atoms with Gasteiger partial charge >= 0.3 is 0 Å². The Bertz CT molecular complexity index is 851. The molecule has 146 valence electrons. The van der Waals surface area contributed by atoms with Crippen LogP contribution in [0.1, 0.15) is 31.9 Å². The number of hydrogen-bond acceptors (Lipinski definition) is 5. The smallest absolute Gasteiger partial charge is 0.240 e. The summed E-state index contributed by atoms with van der Waals surface area (Å²) >= 11 is 0. The van der Waals surface area contributed by atoms with Crippen molar-refractivity contribution in [3.05, 3.63) is 53.7 Å². The van der Waals surface area contributed by atoms with Crippen LogP contribution < -0.4 is 9.62 Å². The van der Waals surface area contributed by atoms with Crippen molar-refractivity contribution in [3.63, 3.8) is 0 Å². The maximum atomic E-state index is 12.5. The second-order valence-electron chi connectivity index (χ2n) is 7.72. The number of nitrogens with zero attached hydrogens (tertiary/aromatic N) is 2. The Morgan fingerprint density at radius 2 is 1.74 bits per heavy atom. The fourth-order valence-electron chi connectivity index (χ4n) is 2.90. The first-order valence-electron chi connectivity index (χ1n) is 9.13. The first kappa shape index (κ1) is 19.8. The van der Waals surface area contributed by atoms with E-state index in [1.54, 1.807) is 18.3 Å². The van der Waals surface area contributed by atoms with Gasteiger partial charge < -0.3 is 9.64 Å². The Morgan fingerprint density at radius 3 is 2.30 bits per heavy atom. The minimum absolute atomic E-state index is 0.0103. The first-order valence-corrected chi connectivity index (χ1v) is 10.6. The zero-order valence-corrected chi connectivity index (χ0v) is 16.9. The van der Waals surface area contributed by atoms with Crippen LogP contribution in [0.15, 0.2) is 47.5 Å². The molecule has 7 heteroatoms. The largest absolute Gasteiger partial charge is 0.378 e. The quantitative estimate of drug-likeness (QED) is 0.851. The highest BCUT2D eigenvalue weighted by Crippen LogP contribution is 2.23. The normalized spacial score (nSPS) is 15.7. The molecule has 1 fully saturated rings. The van der Waals surface area contributed by atoms with E-state index in [0.717, 1.165) is 30.0 Å². The Morgan fingerprint density at radius 1 is 1.07 bits per heavy atom. The van der Waals surface area contributed by atoms with Crippen molar-refractivity contribution in [2.45, 2.75) is 37.6 Å². The number of morpholine rings is 1. The molecule has 0 saturated carbocycles. The molecule has 2 aromatic rings. The molecule has 1 N–H and O–H groups in total. The van der Waals surface area contributed by atoms with Crippen molar-refractivity contribution in [1.82, 2.24) is 9.71 Å². The summed E-state index contributed by atoms with van der Waals surface area (Å²) < 4.78 is 33.0. The van der Waals surface area contributed by atoms with Gasteiger partial charge in [-0.15, -0.1) is 0 Å². The average Bonchev–Trinajstić information content (AvgIpc) is 2.67. The van der Waals surface area contributed by atoms with Gasteiger partial charge in [-0.3, -0.25) is 0 Å². The number of aromatic nitrogens is 1. The third-order valence-corrected chi connectivity index (χ3v) is 6.06. The fourth-order valence-corrected chi connectivity index (χ4v) is 3.91. The lowest BCUT2D eigenvalue weighted by Crippen LogP contribution is -2.36. The standard InChI is InChI=1S/C20H27N3O3S/c1-20(2,3)17-5-7-18(8-6-17)27(24,25)22-15-16-4-9-19(21-14-16)23-10-12-26-13-11-23/h4-9,14,22H,10-13,15H2,1-3H3. The van der Waals surface area contributed by atoms with E-state index in [0.29, 0.717) is 13.2 Å². The van der Waals surface area contributed by atoms with E-state index in [4.69, 9.17) is 4.74 Å². The minimum atomic E-state index is -3.56. The van der Waals surface area contributed by atoms with Crippen LogP contribution in [0.2, 0.25) is 0 Å². The summed E-state index contributed by atoms with van der Waals surface area (Å²) in [4.78, 5) is 6.88. The zero-order chi connectivity index (χ0) is 19.5. The van der Waals surface area contributed by atoms with Crippen LogP contribution in [0.4, 0.5) is 5.82 Å². The SMILES string of the molecule is CC(C)(C)c1ccc(S(=O)(=O)NCc2ccc(N3CCOCC3)nc2)cc1. The highest BCUT2D eigenvalue weighted by molar-refractivity contribution is 7.89. The highest BCUT2D eigenvalue weighted by Gasteiger charge is 2.18. The molecule has 27 heavy (non-hydrogen) atoms. The van der Waals surface area contributed by atoms with Crippen molar-refractivity contribution >= 4 is 15.8 Å². The molecular formula is C20H27N3O3S. The molecule has 0 atom stereocenters. The molecule has 0 unspecified atom stereocenters. The number of ether oxygens (including phenoxy) is 1. The van der Waals surface area contributed by atoms with Gasteiger partial charge in [0.05, 0.1) is 18.1 Å². The average molecular weight is 390 g/mol. The number of rotatable bonds is 5. The number of nitrogens with one attached hydrogen (secondary N) is 1. The number of pyridine rings is 1. The van der Waals surface area contributed by atoms with Crippen LogP contribution >= 0.6 is 0 Å². The lowest BCUT2D eigenvalue weighted by atomic mass is 9.87. The molecular weight excluding hydrogens is 362 g/mol. The number of sulfonamides is 1. The third kappa shape index (κ3) is 5.06. The summed E-state index contributed by atoms with van der Waals surface area (Å²) in [5.41, 5.74) is 1.91. The maximum Gasteiger partial charge on any atom is 0.240 e. The van der Waals surface area contributed by atoms with Crippen LogP contribution in [0, 0.1) is 0 Å². The van der Waals surface area contributed by atoms with E-state index in [9.17, 15) is 8.42 Å². The minimum Gasteiger partial charge on any atom is -0.378 e. The van der Waals surface area contributed by atoms with E-state index in [2.05, 4.69) is 35.4 Å². The molecule has 1 saturated heterocycles. The maximum absolute atomic E-state index is 12.5. The van der Waals surface area contributed by atoms with E-state index in [1.807, 2.05) is 24.3 Å². The van der Waals surface area contributed by atoms with Gasteiger partial charge in [-0.2, -0.15) is 0 Å². The van der Waals surface area contributed by atoms with Gasteiger partial charge in [0.15, 0.2) is 0 Å². The van der Waals surface area contributed by atoms with Crippen molar-refractivity contribution < 1.29 is 13.2 Å². The molecule has 1 aliphatic heterocycles. The lowest BCUT2D eigenvalue weighted by molar-refractivity contribution is 0.122. The fraction of sp³-hybridized carbons (Fsp3) is 0.450. The summed E-state index contributed by atoms with van der Waals surface area (Å²) in [5.74, 6) is 0.891. The van der Waals surface area contributed by atoms with Crippen LogP contribution in [0.3, 0.4) is 0 Å². The topological polar surface area (TPSA) is 71.5 Å². The molecule has 2 heterocycles. The molecule has 0 aliphatic carbocycles. The van der Waals surface area contributed by atoms with Gasteiger partial charge in [0.2, 0.25) is 10.0 Å². The van der Waals surface area contributed by atoms with Crippen molar-refractivity contribution in [1.29, 1.82) is 0 Å². The molecule has 0 amide bonds. The van der Waals surface area contributed by atoms with E-state index < -0.39 is 10.0 Å². The predicted molar refractivity (Wildman–Crippen MR) is 106 cm³/mol. The van der Waals surface area contributed by atoms with Gasteiger partial charge in [-0.25, -0.2) is 18.1 Å². The highest BCUT2D eigenvalue weighted by atomic mass is 32.2. The predicted octanol–water partition coefficient (Wildman–Crippen LogP) is 2.69. The van der Waals surface area contributed by atoms with Crippen molar-refractivity contribution in [2.24, 2.45) is 0 Å². The summed E-state index contributed by atoms with van der Waals surface area (Å²) in [6.07, 6.45) is 1.72. The van der Waals surface area contributed by atoms with Gasteiger partial charge in [-0.05, 0) is 34.7 Å². The first-order chi connectivity index (χ1) is 12.8. The number of hydrogen-bond donors (Lipinski definition) is 1. The lowest BCUT2D eigenvalue weighted by Gasteiger charge is -2.27. The molecule has 6 nitrogen and oxygen atoms in total. The van der Waals surface area contributed by atoms with E-state index in [1.165, 1.54) is 0 Å². The molecule has 3 rings (SSSR count). The van der Waals surface area contributed by atoms with Crippen molar-refractivity contribution in [2.75, 3.05) is 31.2 Å². The van der Waals surface area contributed by atoms with Gasteiger partial charge in [0.1, 0.15) is 5.82 Å². The van der Waals surface area contributed by atoms with Crippen LogP contribution in [0.25, 0.3) is 0 Å². The monoisotopic (exact) mass is 389 g/mol. The molecule has 1 aliphatic rings.